The number of phenolic OH excluding ortho intramolecular Hbond substituents is 1. The molecule has 24 heavy (non-hydrogen) atoms. The molecule has 1 aliphatic heterocycles. The van der Waals surface area contributed by atoms with Gasteiger partial charge in [0.2, 0.25) is 0 Å². The number of carbonyl (C=O) groups is 1. The first-order valence-corrected chi connectivity index (χ1v) is 7.80. The maximum absolute atomic E-state index is 12.5. The maximum Gasteiger partial charge on any atom is 0.258 e. The van der Waals surface area contributed by atoms with Crippen LogP contribution < -0.4 is 0 Å². The quantitative estimate of drug-likeness (QED) is 0.807. The minimum atomic E-state index is -0.112. The zero-order valence-electron chi connectivity index (χ0n) is 13.3. The average molecular weight is 319 g/mol. The van der Waals surface area contributed by atoms with Gasteiger partial charge in [-0.3, -0.25) is 9.48 Å². The summed E-state index contributed by atoms with van der Waals surface area (Å²) >= 11 is 0. The van der Waals surface area contributed by atoms with E-state index in [1.807, 2.05) is 49.8 Å². The first-order chi connectivity index (χ1) is 11.6. The Morgan fingerprint density at radius 1 is 1.12 bits per heavy atom. The number of fused-ring (bicyclic) bond motifs is 1. The molecule has 5 heteroatoms. The molecule has 0 unspecified atom stereocenters. The zero-order chi connectivity index (χ0) is 16.7. The third kappa shape index (κ3) is 2.44. The average Bonchev–Trinajstić information content (AvgIpc) is 3.13. The van der Waals surface area contributed by atoms with Crippen LogP contribution in [-0.2, 0) is 20.1 Å². The smallest absolute Gasteiger partial charge is 0.258 e. The molecule has 1 N–H and O–H groups in total. The van der Waals surface area contributed by atoms with Gasteiger partial charge in [0.15, 0.2) is 0 Å². The fraction of sp³-hybridized carbons (Fsp3) is 0.158. The Labute approximate surface area is 139 Å². The van der Waals surface area contributed by atoms with E-state index in [4.69, 9.17) is 0 Å². The number of aromatic hydroxyl groups is 1. The van der Waals surface area contributed by atoms with Gasteiger partial charge in [-0.05, 0) is 22.8 Å². The van der Waals surface area contributed by atoms with Gasteiger partial charge >= 0.3 is 0 Å². The summed E-state index contributed by atoms with van der Waals surface area (Å²) in [6.45, 7) is 1.06. The highest BCUT2D eigenvalue weighted by molar-refractivity contribution is 6.00. The van der Waals surface area contributed by atoms with Crippen LogP contribution in [0.4, 0.5) is 0 Å². The van der Waals surface area contributed by atoms with E-state index in [0.717, 1.165) is 22.3 Å². The van der Waals surface area contributed by atoms with Crippen LogP contribution in [0.2, 0.25) is 0 Å². The zero-order valence-corrected chi connectivity index (χ0v) is 13.3. The molecule has 3 aromatic rings. The van der Waals surface area contributed by atoms with Gasteiger partial charge in [0.25, 0.3) is 5.91 Å². The van der Waals surface area contributed by atoms with Crippen LogP contribution in [-0.4, -0.2) is 25.7 Å². The number of aromatic nitrogens is 2. The molecule has 1 aromatic heterocycles. The number of nitrogens with zero attached hydrogens (tertiary/aromatic N) is 3. The standard InChI is InChI=1S/C19H17N3O2/c1-21-11-16(9-20-21)14-7-5-13(6-8-14)10-22-12-15-3-2-4-17(23)18(15)19(22)24/h2-9,11,23H,10,12H2,1H3. The molecule has 120 valence electrons. The molecule has 0 aliphatic carbocycles. The predicted octanol–water partition coefficient (Wildman–Crippen LogP) is 2.95. The highest BCUT2D eigenvalue weighted by Crippen LogP contribution is 2.31. The molecule has 1 amide bonds. The second-order valence-electron chi connectivity index (χ2n) is 6.07. The summed E-state index contributed by atoms with van der Waals surface area (Å²) in [5.41, 5.74) is 4.54. The molecule has 0 fully saturated rings. The second-order valence-corrected chi connectivity index (χ2v) is 6.07. The molecule has 0 bridgehead atoms. The number of hydrogen-bond donors (Lipinski definition) is 1. The topological polar surface area (TPSA) is 58.4 Å². The van der Waals surface area contributed by atoms with E-state index in [2.05, 4.69) is 5.10 Å². The van der Waals surface area contributed by atoms with Crippen molar-refractivity contribution in [3.63, 3.8) is 0 Å². The lowest BCUT2D eigenvalue weighted by molar-refractivity contribution is 0.0764. The van der Waals surface area contributed by atoms with Gasteiger partial charge in [0, 0.05) is 31.9 Å². The molecule has 5 nitrogen and oxygen atoms in total. The van der Waals surface area contributed by atoms with Crippen LogP contribution in [0, 0.1) is 0 Å². The Morgan fingerprint density at radius 3 is 2.58 bits per heavy atom. The SMILES string of the molecule is Cn1cc(-c2ccc(CN3Cc4cccc(O)c4C3=O)cc2)cn1. The Kier molecular flexibility index (Phi) is 3.34. The van der Waals surface area contributed by atoms with Gasteiger partial charge in [-0.25, -0.2) is 0 Å². The number of phenols is 1. The highest BCUT2D eigenvalue weighted by atomic mass is 16.3. The van der Waals surface area contributed by atoms with Crippen LogP contribution >= 0.6 is 0 Å². The number of hydrogen-bond acceptors (Lipinski definition) is 3. The molecule has 2 aromatic carbocycles. The molecular weight excluding hydrogens is 302 g/mol. The Balaban J connectivity index is 1.53. The normalized spacial score (nSPS) is 13.4. The van der Waals surface area contributed by atoms with E-state index < -0.39 is 0 Å². The summed E-state index contributed by atoms with van der Waals surface area (Å²) in [5.74, 6) is -0.0497. The fourth-order valence-corrected chi connectivity index (χ4v) is 3.12. The molecule has 0 saturated heterocycles. The Hall–Kier alpha value is -3.08. The van der Waals surface area contributed by atoms with Crippen molar-refractivity contribution in [1.82, 2.24) is 14.7 Å². The summed E-state index contributed by atoms with van der Waals surface area (Å²) in [6, 6.07) is 13.3. The van der Waals surface area contributed by atoms with Gasteiger partial charge in [-0.1, -0.05) is 36.4 Å². The molecule has 0 saturated carbocycles. The van der Waals surface area contributed by atoms with Crippen molar-refractivity contribution in [3.8, 4) is 16.9 Å². The fourth-order valence-electron chi connectivity index (χ4n) is 3.12. The van der Waals surface area contributed by atoms with E-state index >= 15 is 0 Å². The van der Waals surface area contributed by atoms with Crippen molar-refractivity contribution in [2.45, 2.75) is 13.1 Å². The minimum Gasteiger partial charge on any atom is -0.507 e. The number of carbonyl (C=O) groups excluding carboxylic acids is 1. The van der Waals surface area contributed by atoms with Crippen molar-refractivity contribution in [3.05, 3.63) is 71.5 Å². The number of benzene rings is 2. The predicted molar refractivity (Wildman–Crippen MR) is 90.3 cm³/mol. The van der Waals surface area contributed by atoms with Gasteiger partial charge in [-0.15, -0.1) is 0 Å². The Bertz CT molecular complexity index is 913. The van der Waals surface area contributed by atoms with Crippen LogP contribution in [0.3, 0.4) is 0 Å². The van der Waals surface area contributed by atoms with Crippen molar-refractivity contribution in [2.24, 2.45) is 7.05 Å². The summed E-state index contributed by atoms with van der Waals surface area (Å²) in [5, 5.41) is 14.1. The molecule has 2 heterocycles. The number of aryl methyl sites for hydroxylation is 1. The van der Waals surface area contributed by atoms with Crippen molar-refractivity contribution < 1.29 is 9.90 Å². The summed E-state index contributed by atoms with van der Waals surface area (Å²) in [4.78, 5) is 14.2. The summed E-state index contributed by atoms with van der Waals surface area (Å²) < 4.78 is 1.77. The summed E-state index contributed by atoms with van der Waals surface area (Å²) in [7, 11) is 1.89. The van der Waals surface area contributed by atoms with E-state index in [1.54, 1.807) is 21.7 Å². The van der Waals surface area contributed by atoms with E-state index in [9.17, 15) is 9.90 Å². The van der Waals surface area contributed by atoms with Gasteiger partial charge in [-0.2, -0.15) is 5.10 Å². The largest absolute Gasteiger partial charge is 0.507 e. The molecule has 0 spiro atoms. The molecule has 1 aliphatic rings. The van der Waals surface area contributed by atoms with Gasteiger partial charge in [0.1, 0.15) is 5.75 Å². The molecule has 4 rings (SSSR count). The first-order valence-electron chi connectivity index (χ1n) is 7.80. The highest BCUT2D eigenvalue weighted by Gasteiger charge is 2.29. The third-order valence-corrected chi connectivity index (χ3v) is 4.36. The van der Waals surface area contributed by atoms with E-state index in [1.165, 1.54) is 0 Å². The maximum atomic E-state index is 12.5. The third-order valence-electron chi connectivity index (χ3n) is 4.36. The van der Waals surface area contributed by atoms with Crippen LogP contribution in [0.1, 0.15) is 21.5 Å². The van der Waals surface area contributed by atoms with Crippen molar-refractivity contribution in [2.75, 3.05) is 0 Å². The van der Waals surface area contributed by atoms with Crippen LogP contribution in [0.25, 0.3) is 11.1 Å². The number of amides is 1. The second kappa shape index (κ2) is 5.53. The van der Waals surface area contributed by atoms with Crippen molar-refractivity contribution in [1.29, 1.82) is 0 Å². The molecule has 0 radical (unpaired) electrons. The minimum absolute atomic E-state index is 0.0620. The lowest BCUT2D eigenvalue weighted by atomic mass is 10.1. The summed E-state index contributed by atoms with van der Waals surface area (Å²) in [6.07, 6.45) is 3.80. The monoisotopic (exact) mass is 319 g/mol. The van der Waals surface area contributed by atoms with Crippen molar-refractivity contribution >= 4 is 5.91 Å². The van der Waals surface area contributed by atoms with Crippen LogP contribution in [0.5, 0.6) is 5.75 Å². The number of rotatable bonds is 3. The van der Waals surface area contributed by atoms with Gasteiger partial charge < -0.3 is 10.0 Å². The lowest BCUT2D eigenvalue weighted by Crippen LogP contribution is -2.23. The first kappa shape index (κ1) is 14.5. The van der Waals surface area contributed by atoms with E-state index in [0.29, 0.717) is 18.7 Å². The van der Waals surface area contributed by atoms with Gasteiger partial charge in [0.05, 0.1) is 11.8 Å². The molecule has 0 atom stereocenters. The lowest BCUT2D eigenvalue weighted by Gasteiger charge is -2.15. The van der Waals surface area contributed by atoms with E-state index in [-0.39, 0.29) is 11.7 Å². The van der Waals surface area contributed by atoms with Crippen LogP contribution in [0.15, 0.2) is 54.9 Å². The molecular formula is C19H17N3O2. The Morgan fingerprint density at radius 2 is 1.92 bits per heavy atom.